The second-order valence-electron chi connectivity index (χ2n) is 5.06. The SMILES string of the molecule is CC(C)CC(C)NS(=O)(=O)c1ccc(O)c([N+](=O)[O-])c1. The fourth-order valence-electron chi connectivity index (χ4n) is 1.90. The standard InChI is InChI=1S/C12H18N2O5S/c1-8(2)6-9(3)13-20(18,19)10-4-5-12(15)11(7-10)14(16)17/h4-5,7-9,13,15H,6H2,1-3H3. The highest BCUT2D eigenvalue weighted by atomic mass is 32.2. The van der Waals surface area contributed by atoms with Crippen molar-refractivity contribution < 1.29 is 18.4 Å². The molecule has 1 aromatic rings. The number of phenolic OH excluding ortho intramolecular Hbond substituents is 1. The molecule has 0 aliphatic carbocycles. The number of nitrogens with zero attached hydrogens (tertiary/aromatic N) is 1. The summed E-state index contributed by atoms with van der Waals surface area (Å²) in [5.41, 5.74) is -0.635. The molecule has 8 heteroatoms. The highest BCUT2D eigenvalue weighted by Gasteiger charge is 2.22. The number of rotatable bonds is 6. The average molecular weight is 302 g/mol. The fourth-order valence-corrected chi connectivity index (χ4v) is 3.18. The molecule has 0 heterocycles. The highest BCUT2D eigenvalue weighted by molar-refractivity contribution is 7.89. The van der Waals surface area contributed by atoms with Gasteiger partial charge in [-0.2, -0.15) is 0 Å². The maximum Gasteiger partial charge on any atom is 0.312 e. The summed E-state index contributed by atoms with van der Waals surface area (Å²) in [5.74, 6) is -0.244. The Balaban J connectivity index is 3.04. The molecule has 0 radical (unpaired) electrons. The molecule has 0 saturated heterocycles. The summed E-state index contributed by atoms with van der Waals surface area (Å²) in [6.07, 6.45) is 0.652. The third kappa shape index (κ3) is 4.17. The van der Waals surface area contributed by atoms with Crippen molar-refractivity contribution in [1.82, 2.24) is 4.72 Å². The number of nitro benzene ring substituents is 1. The normalized spacial score (nSPS) is 13.4. The van der Waals surface area contributed by atoms with E-state index in [1.54, 1.807) is 6.92 Å². The molecule has 0 bridgehead atoms. The fraction of sp³-hybridized carbons (Fsp3) is 0.500. The Morgan fingerprint density at radius 2 is 1.95 bits per heavy atom. The Morgan fingerprint density at radius 1 is 1.35 bits per heavy atom. The largest absolute Gasteiger partial charge is 0.502 e. The first-order valence-electron chi connectivity index (χ1n) is 6.13. The Morgan fingerprint density at radius 3 is 2.45 bits per heavy atom. The summed E-state index contributed by atoms with van der Waals surface area (Å²) >= 11 is 0. The molecule has 0 aliphatic rings. The maximum atomic E-state index is 12.1. The Hall–Kier alpha value is -1.67. The van der Waals surface area contributed by atoms with Gasteiger partial charge in [0.2, 0.25) is 10.0 Å². The molecule has 1 rings (SSSR count). The van der Waals surface area contributed by atoms with Gasteiger partial charge in [-0.15, -0.1) is 0 Å². The summed E-state index contributed by atoms with van der Waals surface area (Å²) in [6, 6.07) is 2.69. The maximum absolute atomic E-state index is 12.1. The lowest BCUT2D eigenvalue weighted by Gasteiger charge is -2.16. The summed E-state index contributed by atoms with van der Waals surface area (Å²) < 4.78 is 26.6. The number of nitrogens with one attached hydrogen (secondary N) is 1. The molecule has 20 heavy (non-hydrogen) atoms. The number of sulfonamides is 1. The van der Waals surface area contributed by atoms with Gasteiger partial charge in [0.05, 0.1) is 9.82 Å². The van der Waals surface area contributed by atoms with E-state index < -0.39 is 26.4 Å². The number of nitro groups is 1. The van der Waals surface area contributed by atoms with Crippen LogP contribution in [-0.2, 0) is 10.0 Å². The van der Waals surface area contributed by atoms with Crippen molar-refractivity contribution in [3.05, 3.63) is 28.3 Å². The van der Waals surface area contributed by atoms with E-state index in [2.05, 4.69) is 4.72 Å². The lowest BCUT2D eigenvalue weighted by Crippen LogP contribution is -2.33. The molecular formula is C12H18N2O5S. The zero-order valence-electron chi connectivity index (χ0n) is 11.5. The second-order valence-corrected chi connectivity index (χ2v) is 6.77. The summed E-state index contributed by atoms with van der Waals surface area (Å²) in [7, 11) is -3.84. The van der Waals surface area contributed by atoms with E-state index in [9.17, 15) is 23.6 Å². The van der Waals surface area contributed by atoms with Crippen molar-refractivity contribution in [3.8, 4) is 5.75 Å². The van der Waals surface area contributed by atoms with Gasteiger partial charge in [-0.3, -0.25) is 10.1 Å². The zero-order valence-corrected chi connectivity index (χ0v) is 12.3. The molecule has 1 aromatic carbocycles. The first kappa shape index (κ1) is 16.4. The van der Waals surface area contributed by atoms with Crippen molar-refractivity contribution in [2.24, 2.45) is 5.92 Å². The van der Waals surface area contributed by atoms with E-state index in [0.717, 1.165) is 18.2 Å². The van der Waals surface area contributed by atoms with Gasteiger partial charge in [0.1, 0.15) is 0 Å². The van der Waals surface area contributed by atoms with Gasteiger partial charge < -0.3 is 5.11 Å². The Bertz CT molecular complexity index is 598. The van der Waals surface area contributed by atoms with Crippen molar-refractivity contribution in [1.29, 1.82) is 0 Å². The molecule has 0 aromatic heterocycles. The Labute approximate surface area is 117 Å². The lowest BCUT2D eigenvalue weighted by atomic mass is 10.1. The van der Waals surface area contributed by atoms with Crippen LogP contribution in [0.3, 0.4) is 0 Å². The predicted molar refractivity (Wildman–Crippen MR) is 74.0 cm³/mol. The molecular weight excluding hydrogens is 284 g/mol. The van der Waals surface area contributed by atoms with Crippen molar-refractivity contribution in [2.45, 2.75) is 38.1 Å². The number of hydrogen-bond acceptors (Lipinski definition) is 5. The predicted octanol–water partition coefficient (Wildman–Crippen LogP) is 2.01. The zero-order chi connectivity index (χ0) is 15.5. The van der Waals surface area contributed by atoms with Crippen LogP contribution < -0.4 is 4.72 Å². The molecule has 1 atom stereocenters. The van der Waals surface area contributed by atoms with E-state index in [-0.39, 0.29) is 10.9 Å². The van der Waals surface area contributed by atoms with E-state index >= 15 is 0 Å². The number of benzene rings is 1. The van der Waals surface area contributed by atoms with Gasteiger partial charge in [-0.25, -0.2) is 13.1 Å². The molecule has 2 N–H and O–H groups in total. The van der Waals surface area contributed by atoms with E-state index in [4.69, 9.17) is 0 Å². The van der Waals surface area contributed by atoms with Crippen molar-refractivity contribution in [2.75, 3.05) is 0 Å². The summed E-state index contributed by atoms with van der Waals surface area (Å²) in [6.45, 7) is 5.67. The van der Waals surface area contributed by atoms with E-state index in [0.29, 0.717) is 12.3 Å². The monoisotopic (exact) mass is 302 g/mol. The smallest absolute Gasteiger partial charge is 0.312 e. The van der Waals surface area contributed by atoms with Crippen LogP contribution in [0.25, 0.3) is 0 Å². The minimum Gasteiger partial charge on any atom is -0.502 e. The number of phenols is 1. The van der Waals surface area contributed by atoms with Gasteiger partial charge in [0.15, 0.2) is 5.75 Å². The molecule has 7 nitrogen and oxygen atoms in total. The van der Waals surface area contributed by atoms with Crippen LogP contribution in [0.2, 0.25) is 0 Å². The van der Waals surface area contributed by atoms with Crippen molar-refractivity contribution in [3.63, 3.8) is 0 Å². The quantitative estimate of drug-likeness (QED) is 0.617. The van der Waals surface area contributed by atoms with Gasteiger partial charge in [-0.1, -0.05) is 13.8 Å². The Kier molecular flexibility index (Phi) is 5.07. The first-order chi connectivity index (χ1) is 9.13. The van der Waals surface area contributed by atoms with E-state index in [1.807, 2.05) is 13.8 Å². The molecule has 1 unspecified atom stereocenters. The van der Waals surface area contributed by atoms with Gasteiger partial charge >= 0.3 is 5.69 Å². The van der Waals surface area contributed by atoms with Gasteiger partial charge in [0.25, 0.3) is 0 Å². The number of hydrogen-bond donors (Lipinski definition) is 2. The van der Waals surface area contributed by atoms with Crippen LogP contribution in [0.5, 0.6) is 5.75 Å². The molecule has 0 fully saturated rings. The average Bonchev–Trinajstić information content (AvgIpc) is 2.26. The third-order valence-electron chi connectivity index (χ3n) is 2.64. The first-order valence-corrected chi connectivity index (χ1v) is 7.61. The third-order valence-corrected chi connectivity index (χ3v) is 4.22. The summed E-state index contributed by atoms with van der Waals surface area (Å²) in [4.78, 5) is 9.63. The van der Waals surface area contributed by atoms with Gasteiger partial charge in [0, 0.05) is 12.1 Å². The lowest BCUT2D eigenvalue weighted by molar-refractivity contribution is -0.386. The van der Waals surface area contributed by atoms with Crippen LogP contribution in [-0.4, -0.2) is 24.5 Å². The van der Waals surface area contributed by atoms with Gasteiger partial charge in [-0.05, 0) is 31.4 Å². The highest BCUT2D eigenvalue weighted by Crippen LogP contribution is 2.28. The van der Waals surface area contributed by atoms with Crippen LogP contribution in [0.1, 0.15) is 27.2 Å². The molecule has 0 amide bonds. The summed E-state index contributed by atoms with van der Waals surface area (Å²) in [5, 5.41) is 20.0. The van der Waals surface area contributed by atoms with Crippen LogP contribution in [0.4, 0.5) is 5.69 Å². The molecule has 0 spiro atoms. The van der Waals surface area contributed by atoms with Crippen LogP contribution >= 0.6 is 0 Å². The van der Waals surface area contributed by atoms with E-state index in [1.165, 1.54) is 0 Å². The topological polar surface area (TPSA) is 110 Å². The van der Waals surface area contributed by atoms with Crippen LogP contribution in [0, 0.1) is 16.0 Å². The number of aromatic hydroxyl groups is 1. The molecule has 0 saturated carbocycles. The second kappa shape index (κ2) is 6.19. The molecule has 0 aliphatic heterocycles. The molecule has 112 valence electrons. The minimum absolute atomic E-state index is 0.238. The minimum atomic E-state index is -3.84. The van der Waals surface area contributed by atoms with Crippen molar-refractivity contribution >= 4 is 15.7 Å². The van der Waals surface area contributed by atoms with Crippen LogP contribution in [0.15, 0.2) is 23.1 Å².